The number of carbonyl (C=O) groups excluding carboxylic acids is 2. The topological polar surface area (TPSA) is 83.6 Å². The third-order valence-electron chi connectivity index (χ3n) is 4.60. The number of quaternary nitrogens is 1. The molecule has 0 spiro atoms. The average molecular weight is 402 g/mol. The molecular formula is C20H25FN5O3+. The Bertz CT molecular complexity index is 870. The first kappa shape index (κ1) is 20.5. The molecule has 0 atom stereocenters. The number of nitrogens with one attached hydrogen (secondary N) is 2. The van der Waals surface area contributed by atoms with E-state index < -0.39 is 11.8 Å². The maximum absolute atomic E-state index is 14.2. The van der Waals surface area contributed by atoms with Crippen LogP contribution in [0.2, 0.25) is 0 Å². The highest BCUT2D eigenvalue weighted by Gasteiger charge is 2.43. The highest BCUT2D eigenvalue weighted by atomic mass is 19.1. The summed E-state index contributed by atoms with van der Waals surface area (Å²) < 4.78 is 14.0. The van der Waals surface area contributed by atoms with E-state index in [2.05, 4.69) is 15.6 Å². The number of halogens is 1. The number of piperidine rings is 1. The number of urea groups is 2. The maximum atomic E-state index is 14.2. The molecule has 4 amide bonds. The summed E-state index contributed by atoms with van der Waals surface area (Å²) in [5, 5.41) is 5.18. The van der Waals surface area contributed by atoms with E-state index in [1.807, 2.05) is 0 Å². The Balaban J connectivity index is 1.77. The van der Waals surface area contributed by atoms with Crippen LogP contribution in [0.3, 0.4) is 0 Å². The van der Waals surface area contributed by atoms with Crippen LogP contribution in [0.25, 0.3) is 0 Å². The third-order valence-corrected chi connectivity index (χ3v) is 4.60. The van der Waals surface area contributed by atoms with Gasteiger partial charge in [-0.05, 0) is 24.6 Å². The molecular weight excluding hydrogens is 377 g/mol. The largest absolute Gasteiger partial charge is 0.460 e. The molecule has 8 nitrogen and oxygen atoms in total. The average Bonchev–Trinajstić information content (AvgIpc) is 2.68. The Morgan fingerprint density at radius 3 is 2.48 bits per heavy atom. The Hall–Kier alpha value is -3.20. The van der Waals surface area contributed by atoms with Crippen LogP contribution in [0.1, 0.15) is 19.3 Å². The van der Waals surface area contributed by atoms with Crippen molar-refractivity contribution >= 4 is 23.4 Å². The lowest BCUT2D eigenvalue weighted by atomic mass is 10.1. The summed E-state index contributed by atoms with van der Waals surface area (Å²) >= 11 is 0. The Labute approximate surface area is 168 Å². The molecule has 9 heteroatoms. The number of benzene rings is 1. The molecule has 2 N–H and O–H groups in total. The molecule has 2 aromatic rings. The number of nitrogens with zero attached hydrogens (tertiary/aromatic N) is 3. The van der Waals surface area contributed by atoms with Gasteiger partial charge in [0, 0.05) is 51.0 Å². The second kappa shape index (κ2) is 8.87. The van der Waals surface area contributed by atoms with Crippen molar-refractivity contribution in [3.8, 4) is 5.75 Å². The standard InChI is InChI=1S/C20H24FN5O3/c1-25(2)20(28)26(9-4-3-5-10-26)29-18-12-15(21)11-17(13-18)24-19(27)23-16-7-6-8-22-14-16/h6-8,11-14H,3-5,9-10H2,1-2H3,(H-,23,24,27)/p+1. The van der Waals surface area contributed by atoms with E-state index in [9.17, 15) is 14.0 Å². The summed E-state index contributed by atoms with van der Waals surface area (Å²) in [6.07, 6.45) is 5.79. The Morgan fingerprint density at radius 1 is 1.10 bits per heavy atom. The molecule has 0 unspecified atom stereocenters. The SMILES string of the molecule is CN(C)C(=O)[N+]1(Oc2cc(F)cc(NC(=O)Nc3cccnc3)c2)CCCCC1. The molecule has 0 bridgehead atoms. The zero-order valence-corrected chi connectivity index (χ0v) is 16.5. The smallest absolute Gasteiger partial charge is 0.307 e. The minimum absolute atomic E-state index is 0.179. The summed E-state index contributed by atoms with van der Waals surface area (Å²) in [6.45, 7) is 1.02. The normalized spacial score (nSPS) is 15.3. The van der Waals surface area contributed by atoms with Crippen LogP contribution >= 0.6 is 0 Å². The molecule has 0 saturated carbocycles. The number of pyridine rings is 1. The number of hydrogen-bond acceptors (Lipinski definition) is 4. The minimum atomic E-state index is -0.577. The van der Waals surface area contributed by atoms with Gasteiger partial charge in [-0.1, -0.05) is 4.65 Å². The lowest BCUT2D eigenvalue weighted by Gasteiger charge is -2.37. The van der Waals surface area contributed by atoms with E-state index in [4.69, 9.17) is 4.84 Å². The van der Waals surface area contributed by atoms with Crippen molar-refractivity contribution in [1.29, 1.82) is 0 Å². The van der Waals surface area contributed by atoms with E-state index in [0.717, 1.165) is 19.3 Å². The van der Waals surface area contributed by atoms with E-state index in [-0.39, 0.29) is 22.1 Å². The molecule has 0 radical (unpaired) electrons. The van der Waals surface area contributed by atoms with Gasteiger partial charge in [-0.2, -0.15) is 0 Å². The van der Waals surface area contributed by atoms with Crippen LogP contribution < -0.4 is 15.5 Å². The van der Waals surface area contributed by atoms with Crippen molar-refractivity contribution in [2.75, 3.05) is 37.8 Å². The van der Waals surface area contributed by atoms with Gasteiger partial charge in [0.15, 0.2) is 5.75 Å². The second-order valence-corrected chi connectivity index (χ2v) is 7.16. The van der Waals surface area contributed by atoms with Gasteiger partial charge in [0.05, 0.1) is 11.9 Å². The van der Waals surface area contributed by atoms with Crippen LogP contribution in [-0.2, 0) is 0 Å². The summed E-state index contributed by atoms with van der Waals surface area (Å²) in [4.78, 5) is 36.4. The predicted octanol–water partition coefficient (Wildman–Crippen LogP) is 3.84. The molecule has 1 saturated heterocycles. The molecule has 3 rings (SSSR count). The third kappa shape index (κ3) is 5.20. The first-order chi connectivity index (χ1) is 13.9. The predicted molar refractivity (Wildman–Crippen MR) is 107 cm³/mol. The summed E-state index contributed by atoms with van der Waals surface area (Å²) in [7, 11) is 3.34. The van der Waals surface area contributed by atoms with Gasteiger partial charge in [0.2, 0.25) is 0 Å². The number of rotatable bonds is 4. The lowest BCUT2D eigenvalue weighted by molar-refractivity contribution is -1.02. The van der Waals surface area contributed by atoms with Gasteiger partial charge in [0.1, 0.15) is 18.9 Å². The molecule has 1 fully saturated rings. The van der Waals surface area contributed by atoms with Gasteiger partial charge in [-0.3, -0.25) is 9.88 Å². The van der Waals surface area contributed by atoms with Crippen LogP contribution in [0.4, 0.5) is 25.4 Å². The molecule has 1 aromatic heterocycles. The number of likely N-dealkylation sites (tertiary alicyclic amines) is 1. The van der Waals surface area contributed by atoms with Crippen molar-refractivity contribution in [2.45, 2.75) is 19.3 Å². The summed E-state index contributed by atoms with van der Waals surface area (Å²) in [5.74, 6) is -0.398. The monoisotopic (exact) mass is 402 g/mol. The molecule has 154 valence electrons. The Morgan fingerprint density at radius 2 is 1.83 bits per heavy atom. The number of anilines is 2. The second-order valence-electron chi connectivity index (χ2n) is 7.16. The van der Waals surface area contributed by atoms with Crippen molar-refractivity contribution < 1.29 is 23.5 Å². The van der Waals surface area contributed by atoms with E-state index in [1.54, 1.807) is 32.4 Å². The lowest BCUT2D eigenvalue weighted by Crippen LogP contribution is -2.61. The van der Waals surface area contributed by atoms with Crippen molar-refractivity contribution in [3.05, 3.63) is 48.5 Å². The Kier molecular flexibility index (Phi) is 6.28. The molecule has 1 aliphatic heterocycles. The zero-order valence-electron chi connectivity index (χ0n) is 16.5. The highest BCUT2D eigenvalue weighted by molar-refractivity contribution is 5.99. The van der Waals surface area contributed by atoms with Crippen LogP contribution in [0.5, 0.6) is 5.75 Å². The number of hydroxylamine groups is 3. The first-order valence-electron chi connectivity index (χ1n) is 9.45. The van der Waals surface area contributed by atoms with Crippen molar-refractivity contribution in [3.63, 3.8) is 0 Å². The van der Waals surface area contributed by atoms with Crippen LogP contribution in [0.15, 0.2) is 42.7 Å². The zero-order chi connectivity index (χ0) is 20.9. The van der Waals surface area contributed by atoms with Gasteiger partial charge < -0.3 is 15.5 Å². The molecule has 29 heavy (non-hydrogen) atoms. The van der Waals surface area contributed by atoms with E-state index in [0.29, 0.717) is 18.8 Å². The van der Waals surface area contributed by atoms with Gasteiger partial charge >= 0.3 is 12.1 Å². The molecule has 0 aliphatic carbocycles. The molecule has 2 heterocycles. The van der Waals surface area contributed by atoms with Crippen molar-refractivity contribution in [2.24, 2.45) is 0 Å². The van der Waals surface area contributed by atoms with Gasteiger partial charge in [-0.15, -0.1) is 0 Å². The summed E-state index contributed by atoms with van der Waals surface area (Å²) in [5.41, 5.74) is 0.723. The highest BCUT2D eigenvalue weighted by Crippen LogP contribution is 2.28. The fraction of sp³-hybridized carbons (Fsp3) is 0.350. The minimum Gasteiger partial charge on any atom is -0.307 e. The van der Waals surface area contributed by atoms with Crippen LogP contribution in [0, 0.1) is 5.82 Å². The molecule has 1 aliphatic rings. The number of aromatic nitrogens is 1. The number of amides is 4. The van der Waals surface area contributed by atoms with Gasteiger partial charge in [-0.25, -0.2) is 14.0 Å². The number of hydrogen-bond donors (Lipinski definition) is 2. The maximum Gasteiger partial charge on any atom is 0.460 e. The van der Waals surface area contributed by atoms with Crippen molar-refractivity contribution in [1.82, 2.24) is 9.88 Å². The summed E-state index contributed by atoms with van der Waals surface area (Å²) in [6, 6.07) is 6.53. The van der Waals surface area contributed by atoms with Gasteiger partial charge in [0.25, 0.3) is 0 Å². The van der Waals surface area contributed by atoms with Crippen LogP contribution in [-0.4, -0.2) is 53.8 Å². The fourth-order valence-corrected chi connectivity index (χ4v) is 3.33. The fourth-order valence-electron chi connectivity index (χ4n) is 3.33. The van der Waals surface area contributed by atoms with E-state index >= 15 is 0 Å². The van der Waals surface area contributed by atoms with E-state index in [1.165, 1.54) is 29.3 Å². The molecule has 1 aromatic carbocycles. The number of carbonyl (C=O) groups is 2. The quantitative estimate of drug-likeness (QED) is 0.761. The first-order valence-corrected chi connectivity index (χ1v) is 9.45.